The topological polar surface area (TPSA) is 12.5 Å². The standard InChI is InChI=1S/C18H12O/c1-2-7-17-18(19-17)11-10-14-13-5-3-4-12(13)8-9-15(14)16(18)6-1/h1,3-11H,2H2. The summed E-state index contributed by atoms with van der Waals surface area (Å²) in [5.74, 6) is 1.11. The molecule has 1 atom stereocenters. The van der Waals surface area contributed by atoms with E-state index in [1.165, 1.54) is 27.1 Å². The molecule has 1 nitrogen and oxygen atoms in total. The van der Waals surface area contributed by atoms with Crippen LogP contribution in [0.1, 0.15) is 17.5 Å². The van der Waals surface area contributed by atoms with E-state index in [1.54, 1.807) is 0 Å². The van der Waals surface area contributed by atoms with Gasteiger partial charge in [0.1, 0.15) is 5.76 Å². The minimum absolute atomic E-state index is 0.250. The van der Waals surface area contributed by atoms with Gasteiger partial charge in [-0.2, -0.15) is 0 Å². The normalized spacial score (nSPS) is 27.4. The maximum atomic E-state index is 5.89. The second-order valence-electron chi connectivity index (χ2n) is 5.35. The van der Waals surface area contributed by atoms with Crippen LogP contribution in [0.2, 0.25) is 0 Å². The van der Waals surface area contributed by atoms with Gasteiger partial charge in [0, 0.05) is 5.57 Å². The van der Waals surface area contributed by atoms with E-state index in [-0.39, 0.29) is 5.60 Å². The number of hydrogen-bond acceptors (Lipinski definition) is 1. The van der Waals surface area contributed by atoms with Crippen LogP contribution in [0.4, 0.5) is 0 Å². The zero-order valence-electron chi connectivity index (χ0n) is 10.4. The van der Waals surface area contributed by atoms with E-state index < -0.39 is 0 Å². The molecule has 3 aliphatic carbocycles. The molecule has 4 aliphatic rings. The van der Waals surface area contributed by atoms with E-state index in [2.05, 4.69) is 60.7 Å². The van der Waals surface area contributed by atoms with Gasteiger partial charge in [0.25, 0.3) is 0 Å². The van der Waals surface area contributed by atoms with Gasteiger partial charge in [0.2, 0.25) is 5.60 Å². The van der Waals surface area contributed by atoms with E-state index in [0.717, 1.165) is 12.2 Å². The fraction of sp³-hybridized carbons (Fsp3) is 0.111. The molecule has 0 radical (unpaired) electrons. The zero-order valence-corrected chi connectivity index (χ0v) is 10.4. The van der Waals surface area contributed by atoms with Gasteiger partial charge in [-0.1, -0.05) is 48.6 Å². The van der Waals surface area contributed by atoms with Crippen LogP contribution in [0.25, 0.3) is 23.8 Å². The van der Waals surface area contributed by atoms with Crippen molar-refractivity contribution in [2.24, 2.45) is 0 Å². The number of hydrogen-bond donors (Lipinski definition) is 0. The van der Waals surface area contributed by atoms with E-state index in [4.69, 9.17) is 4.74 Å². The Morgan fingerprint density at radius 1 is 1.05 bits per heavy atom. The predicted octanol–water partition coefficient (Wildman–Crippen LogP) is 2.28. The Labute approximate surface area is 111 Å². The van der Waals surface area contributed by atoms with Gasteiger partial charge in [0.15, 0.2) is 0 Å². The van der Waals surface area contributed by atoms with Crippen LogP contribution in [0, 0.1) is 0 Å². The highest BCUT2D eigenvalue weighted by Crippen LogP contribution is 2.52. The third-order valence-electron chi connectivity index (χ3n) is 4.35. The van der Waals surface area contributed by atoms with Gasteiger partial charge in [-0.15, -0.1) is 0 Å². The van der Waals surface area contributed by atoms with Crippen LogP contribution in [0.5, 0.6) is 0 Å². The second kappa shape index (κ2) is 3.00. The molecule has 1 aromatic rings. The van der Waals surface area contributed by atoms with E-state index >= 15 is 0 Å². The number of epoxide rings is 1. The van der Waals surface area contributed by atoms with Gasteiger partial charge >= 0.3 is 0 Å². The number of benzene rings is 1. The summed E-state index contributed by atoms with van der Waals surface area (Å²) in [6, 6.07) is 4.44. The van der Waals surface area contributed by atoms with Crippen molar-refractivity contribution < 1.29 is 4.74 Å². The second-order valence-corrected chi connectivity index (χ2v) is 5.35. The highest BCUT2D eigenvalue weighted by Gasteiger charge is 2.54. The lowest BCUT2D eigenvalue weighted by Gasteiger charge is -2.15. The third-order valence-corrected chi connectivity index (χ3v) is 4.35. The minimum atomic E-state index is -0.250. The maximum absolute atomic E-state index is 5.89. The number of ether oxygens (including phenoxy) is 1. The third kappa shape index (κ3) is 1.06. The maximum Gasteiger partial charge on any atom is 0.209 e. The Bertz CT molecular complexity index is 862. The average Bonchev–Trinajstić information content (AvgIpc) is 2.92. The predicted molar refractivity (Wildman–Crippen MR) is 77.3 cm³/mol. The molecule has 0 aromatic heterocycles. The van der Waals surface area contributed by atoms with Gasteiger partial charge in [-0.25, -0.2) is 0 Å². The summed E-state index contributed by atoms with van der Waals surface area (Å²) in [6.07, 6.45) is 18.5. The van der Waals surface area contributed by atoms with Gasteiger partial charge in [-0.3, -0.25) is 0 Å². The Kier molecular flexibility index (Phi) is 1.52. The summed E-state index contributed by atoms with van der Waals surface area (Å²) in [6.45, 7) is 0. The molecule has 0 N–H and O–H groups in total. The number of allylic oxidation sites excluding steroid dienone is 3. The molecule has 1 aromatic carbocycles. The molecule has 1 fully saturated rings. The van der Waals surface area contributed by atoms with Crippen LogP contribution in [0.15, 0.2) is 48.3 Å². The molecule has 0 saturated carbocycles. The van der Waals surface area contributed by atoms with Crippen molar-refractivity contribution in [1.82, 2.24) is 0 Å². The Hall–Kier alpha value is -2.28. The molecule has 0 amide bonds. The Morgan fingerprint density at radius 2 is 2.05 bits per heavy atom. The van der Waals surface area contributed by atoms with Gasteiger partial charge < -0.3 is 4.74 Å². The summed E-state index contributed by atoms with van der Waals surface area (Å²) in [4.78, 5) is 0. The van der Waals surface area contributed by atoms with Crippen LogP contribution < -0.4 is 10.4 Å². The molecule has 0 bridgehead atoms. The first-order valence-electron chi connectivity index (χ1n) is 6.70. The van der Waals surface area contributed by atoms with Crippen molar-refractivity contribution in [3.63, 3.8) is 0 Å². The summed E-state index contributed by atoms with van der Waals surface area (Å²) < 4.78 is 5.89. The molecule has 1 heterocycles. The minimum Gasteiger partial charge on any atom is -0.470 e. The van der Waals surface area contributed by atoms with Crippen LogP contribution in [-0.4, -0.2) is 5.60 Å². The first kappa shape index (κ1) is 9.62. The molecule has 1 unspecified atom stereocenters. The molecule has 5 rings (SSSR count). The van der Waals surface area contributed by atoms with E-state index in [0.29, 0.717) is 0 Å². The van der Waals surface area contributed by atoms with Crippen molar-refractivity contribution in [3.05, 3.63) is 69.8 Å². The van der Waals surface area contributed by atoms with Crippen LogP contribution in [-0.2, 0) is 4.74 Å². The Morgan fingerprint density at radius 3 is 3.05 bits per heavy atom. The highest BCUT2D eigenvalue weighted by atomic mass is 16.6. The van der Waals surface area contributed by atoms with Crippen molar-refractivity contribution in [2.45, 2.75) is 12.0 Å². The van der Waals surface area contributed by atoms with E-state index in [9.17, 15) is 0 Å². The first-order valence-corrected chi connectivity index (χ1v) is 6.70. The quantitative estimate of drug-likeness (QED) is 0.638. The van der Waals surface area contributed by atoms with Crippen molar-refractivity contribution in [2.75, 3.05) is 0 Å². The highest BCUT2D eigenvalue weighted by molar-refractivity contribution is 5.86. The summed E-state index contributed by atoms with van der Waals surface area (Å²) in [5.41, 5.74) is 3.70. The summed E-state index contributed by atoms with van der Waals surface area (Å²) >= 11 is 0. The monoisotopic (exact) mass is 244 g/mol. The molecular weight excluding hydrogens is 232 g/mol. The van der Waals surface area contributed by atoms with Crippen molar-refractivity contribution in [1.29, 1.82) is 0 Å². The molecule has 1 heteroatoms. The van der Waals surface area contributed by atoms with Crippen LogP contribution >= 0.6 is 0 Å². The summed E-state index contributed by atoms with van der Waals surface area (Å²) in [7, 11) is 0. The lowest BCUT2D eigenvalue weighted by molar-refractivity contribution is 0.416. The Balaban J connectivity index is 1.96. The fourth-order valence-electron chi connectivity index (χ4n) is 3.36. The SMILES string of the molecule is C1=Cc2c3c(ccc2=C1)=C1C=CCC=C2OC21C=C3. The van der Waals surface area contributed by atoms with E-state index in [1.807, 2.05) is 0 Å². The van der Waals surface area contributed by atoms with Crippen molar-refractivity contribution in [3.8, 4) is 0 Å². The largest absolute Gasteiger partial charge is 0.470 e. The molecule has 19 heavy (non-hydrogen) atoms. The summed E-state index contributed by atoms with van der Waals surface area (Å²) in [5, 5.41) is 2.62. The van der Waals surface area contributed by atoms with Crippen LogP contribution in [0.3, 0.4) is 0 Å². The lowest BCUT2D eigenvalue weighted by Crippen LogP contribution is -2.26. The average molecular weight is 244 g/mol. The number of rotatable bonds is 0. The number of fused-ring (bicyclic) bond motifs is 3. The zero-order chi connectivity index (χ0) is 12.4. The van der Waals surface area contributed by atoms with Gasteiger partial charge in [0.05, 0.1) is 0 Å². The lowest BCUT2D eigenvalue weighted by atomic mass is 9.86. The molecule has 1 spiro atoms. The van der Waals surface area contributed by atoms with Gasteiger partial charge in [-0.05, 0) is 40.1 Å². The molecule has 1 saturated heterocycles. The molecule has 1 aliphatic heterocycles. The molecule has 90 valence electrons. The first-order chi connectivity index (χ1) is 9.38. The molecular formula is C18H12O. The fourth-order valence-corrected chi connectivity index (χ4v) is 3.36. The smallest absolute Gasteiger partial charge is 0.209 e. The van der Waals surface area contributed by atoms with Crippen molar-refractivity contribution >= 4 is 23.8 Å².